The predicted molar refractivity (Wildman–Crippen MR) is 74.1 cm³/mol. The lowest BCUT2D eigenvalue weighted by molar-refractivity contribution is 0.201. The maximum absolute atomic E-state index is 6.14. The summed E-state index contributed by atoms with van der Waals surface area (Å²) in [7, 11) is 0. The fourth-order valence-corrected chi connectivity index (χ4v) is 2.03. The van der Waals surface area contributed by atoms with Gasteiger partial charge in [-0.05, 0) is 32.3 Å². The minimum absolute atomic E-state index is 0.202. The van der Waals surface area contributed by atoms with Gasteiger partial charge in [0.2, 0.25) is 5.88 Å². The van der Waals surface area contributed by atoms with Crippen molar-refractivity contribution in [1.29, 1.82) is 0 Å². The number of hydrogen-bond donors (Lipinski definition) is 1. The molecular weight excluding hydrogens is 248 g/mol. The van der Waals surface area contributed by atoms with Gasteiger partial charge in [-0.2, -0.15) is 0 Å². The monoisotopic (exact) mass is 268 g/mol. The van der Waals surface area contributed by atoms with Crippen molar-refractivity contribution in [3.05, 3.63) is 22.8 Å². The second-order valence-electron chi connectivity index (χ2n) is 4.95. The van der Waals surface area contributed by atoms with Crippen LogP contribution >= 0.6 is 11.6 Å². The number of aromatic nitrogens is 1. The van der Waals surface area contributed by atoms with E-state index in [2.05, 4.69) is 24.1 Å². The zero-order chi connectivity index (χ0) is 13.0. The topological polar surface area (TPSA) is 34.1 Å². The summed E-state index contributed by atoms with van der Waals surface area (Å²) in [6, 6.07) is 4.37. The Morgan fingerprint density at radius 1 is 1.50 bits per heavy atom. The Kier molecular flexibility index (Phi) is 4.84. The van der Waals surface area contributed by atoms with Gasteiger partial charge in [0, 0.05) is 18.7 Å². The molecule has 100 valence electrons. The SMILES string of the molecule is CCCC(C)Oc1ccc(Cl)c(CNC2CC2)n1. The standard InChI is InChI=1S/C14H21ClN2O/c1-3-4-10(2)18-14-8-7-12(15)13(17-14)9-16-11-5-6-11/h7-8,10-11,16H,3-6,9H2,1-2H3. The molecule has 0 radical (unpaired) electrons. The van der Waals surface area contributed by atoms with Gasteiger partial charge in [0.05, 0.1) is 16.8 Å². The fraction of sp³-hybridized carbons (Fsp3) is 0.643. The van der Waals surface area contributed by atoms with Gasteiger partial charge in [0.15, 0.2) is 0 Å². The second kappa shape index (κ2) is 6.39. The van der Waals surface area contributed by atoms with Gasteiger partial charge < -0.3 is 10.1 Å². The first kappa shape index (κ1) is 13.6. The van der Waals surface area contributed by atoms with Crippen molar-refractivity contribution in [1.82, 2.24) is 10.3 Å². The van der Waals surface area contributed by atoms with Crippen LogP contribution in [0.3, 0.4) is 0 Å². The van der Waals surface area contributed by atoms with E-state index in [9.17, 15) is 0 Å². The van der Waals surface area contributed by atoms with Crippen LogP contribution < -0.4 is 10.1 Å². The van der Waals surface area contributed by atoms with Gasteiger partial charge in [-0.15, -0.1) is 0 Å². The molecule has 0 aliphatic heterocycles. The van der Waals surface area contributed by atoms with Crippen LogP contribution in [-0.2, 0) is 6.54 Å². The number of rotatable bonds is 7. The summed E-state index contributed by atoms with van der Waals surface area (Å²) in [5.41, 5.74) is 0.879. The third-order valence-electron chi connectivity index (χ3n) is 3.05. The van der Waals surface area contributed by atoms with Gasteiger partial charge in [-0.25, -0.2) is 4.98 Å². The van der Waals surface area contributed by atoms with Crippen LogP contribution in [0.2, 0.25) is 5.02 Å². The molecule has 0 amide bonds. The minimum Gasteiger partial charge on any atom is -0.475 e. The molecule has 1 aromatic heterocycles. The van der Waals surface area contributed by atoms with Gasteiger partial charge >= 0.3 is 0 Å². The van der Waals surface area contributed by atoms with Crippen molar-refractivity contribution in [2.45, 2.75) is 58.2 Å². The van der Waals surface area contributed by atoms with E-state index in [1.165, 1.54) is 12.8 Å². The quantitative estimate of drug-likeness (QED) is 0.821. The van der Waals surface area contributed by atoms with Crippen LogP contribution in [0.15, 0.2) is 12.1 Å². The molecule has 18 heavy (non-hydrogen) atoms. The number of ether oxygens (including phenoxy) is 1. The summed E-state index contributed by atoms with van der Waals surface area (Å²) in [5, 5.41) is 4.12. The number of halogens is 1. The fourth-order valence-electron chi connectivity index (χ4n) is 1.85. The molecular formula is C14H21ClN2O. The van der Waals surface area contributed by atoms with E-state index in [1.807, 2.05) is 12.1 Å². The molecule has 1 N–H and O–H groups in total. The lowest BCUT2D eigenvalue weighted by atomic mass is 10.2. The molecule has 3 nitrogen and oxygen atoms in total. The molecule has 1 aromatic rings. The molecule has 0 saturated heterocycles. The Balaban J connectivity index is 1.95. The first-order valence-corrected chi connectivity index (χ1v) is 7.12. The zero-order valence-corrected chi connectivity index (χ0v) is 11.8. The highest BCUT2D eigenvalue weighted by molar-refractivity contribution is 6.31. The van der Waals surface area contributed by atoms with Crippen molar-refractivity contribution in [2.24, 2.45) is 0 Å². The number of nitrogens with one attached hydrogen (secondary N) is 1. The van der Waals surface area contributed by atoms with E-state index in [-0.39, 0.29) is 6.10 Å². The predicted octanol–water partition coefficient (Wildman–Crippen LogP) is 3.55. The summed E-state index contributed by atoms with van der Waals surface area (Å²) >= 11 is 6.14. The molecule has 1 aliphatic rings. The largest absolute Gasteiger partial charge is 0.475 e. The summed E-state index contributed by atoms with van der Waals surface area (Å²) in [6.45, 7) is 4.95. The van der Waals surface area contributed by atoms with E-state index in [4.69, 9.17) is 16.3 Å². The number of hydrogen-bond acceptors (Lipinski definition) is 3. The van der Waals surface area contributed by atoms with Crippen molar-refractivity contribution in [3.63, 3.8) is 0 Å². The third-order valence-corrected chi connectivity index (χ3v) is 3.39. The molecule has 1 heterocycles. The molecule has 1 saturated carbocycles. The van der Waals surface area contributed by atoms with Crippen LogP contribution in [0.4, 0.5) is 0 Å². The lowest BCUT2D eigenvalue weighted by Crippen LogP contribution is -2.17. The molecule has 2 rings (SSSR count). The highest BCUT2D eigenvalue weighted by Crippen LogP contribution is 2.22. The number of pyridine rings is 1. The number of nitrogens with zero attached hydrogens (tertiary/aromatic N) is 1. The Hall–Kier alpha value is -0.800. The molecule has 0 aromatic carbocycles. The van der Waals surface area contributed by atoms with Crippen molar-refractivity contribution in [3.8, 4) is 5.88 Å². The molecule has 1 unspecified atom stereocenters. The smallest absolute Gasteiger partial charge is 0.213 e. The summed E-state index contributed by atoms with van der Waals surface area (Å²) < 4.78 is 5.78. The minimum atomic E-state index is 0.202. The molecule has 4 heteroatoms. The van der Waals surface area contributed by atoms with E-state index in [0.717, 1.165) is 25.1 Å². The summed E-state index contributed by atoms with van der Waals surface area (Å²) in [4.78, 5) is 4.48. The lowest BCUT2D eigenvalue weighted by Gasteiger charge is -2.14. The van der Waals surface area contributed by atoms with Gasteiger partial charge in [-0.1, -0.05) is 24.9 Å². The Labute approximate surface area is 114 Å². The van der Waals surface area contributed by atoms with Crippen molar-refractivity contribution >= 4 is 11.6 Å². The maximum Gasteiger partial charge on any atom is 0.213 e. The second-order valence-corrected chi connectivity index (χ2v) is 5.36. The van der Waals surface area contributed by atoms with Crippen molar-refractivity contribution in [2.75, 3.05) is 0 Å². The third kappa shape index (κ3) is 4.14. The molecule has 1 atom stereocenters. The Morgan fingerprint density at radius 3 is 2.94 bits per heavy atom. The first-order valence-electron chi connectivity index (χ1n) is 6.74. The maximum atomic E-state index is 6.14. The van der Waals surface area contributed by atoms with E-state index in [0.29, 0.717) is 16.9 Å². The van der Waals surface area contributed by atoms with E-state index in [1.54, 1.807) is 0 Å². The van der Waals surface area contributed by atoms with Crippen LogP contribution in [-0.4, -0.2) is 17.1 Å². The first-order chi connectivity index (χ1) is 8.69. The van der Waals surface area contributed by atoms with E-state index < -0.39 is 0 Å². The molecule has 0 bridgehead atoms. The van der Waals surface area contributed by atoms with Crippen LogP contribution in [0, 0.1) is 0 Å². The van der Waals surface area contributed by atoms with Crippen LogP contribution in [0.5, 0.6) is 5.88 Å². The highest BCUT2D eigenvalue weighted by Gasteiger charge is 2.20. The summed E-state index contributed by atoms with van der Waals surface area (Å²) in [5.74, 6) is 0.674. The van der Waals surface area contributed by atoms with E-state index >= 15 is 0 Å². The van der Waals surface area contributed by atoms with Crippen LogP contribution in [0.25, 0.3) is 0 Å². The summed E-state index contributed by atoms with van der Waals surface area (Å²) in [6.07, 6.45) is 4.89. The van der Waals surface area contributed by atoms with Gasteiger partial charge in [0.1, 0.15) is 0 Å². The molecule has 1 aliphatic carbocycles. The molecule has 1 fully saturated rings. The van der Waals surface area contributed by atoms with Crippen molar-refractivity contribution < 1.29 is 4.74 Å². The Morgan fingerprint density at radius 2 is 2.28 bits per heavy atom. The van der Waals surface area contributed by atoms with Gasteiger partial charge in [0.25, 0.3) is 0 Å². The highest BCUT2D eigenvalue weighted by atomic mass is 35.5. The van der Waals surface area contributed by atoms with Crippen LogP contribution in [0.1, 0.15) is 45.2 Å². The van der Waals surface area contributed by atoms with Gasteiger partial charge in [-0.3, -0.25) is 0 Å². The normalized spacial score (nSPS) is 16.6. The molecule has 0 spiro atoms. The zero-order valence-electron chi connectivity index (χ0n) is 11.1. The Bertz CT molecular complexity index is 393. The average molecular weight is 269 g/mol. The average Bonchev–Trinajstić information content (AvgIpc) is 3.14.